The van der Waals surface area contributed by atoms with E-state index in [4.69, 9.17) is 5.73 Å². The third kappa shape index (κ3) is 3.73. The molecule has 0 radical (unpaired) electrons. The Balaban J connectivity index is 2.37. The van der Waals surface area contributed by atoms with Gasteiger partial charge in [0.1, 0.15) is 11.5 Å². The lowest BCUT2D eigenvalue weighted by Gasteiger charge is -2.52. The number of Topliss-reactive ketones (excluding diaryl/α,β-unsaturated/α-hetero) is 2. The Morgan fingerprint density at radius 3 is 2.42 bits per heavy atom. The summed E-state index contributed by atoms with van der Waals surface area (Å²) in [5, 5.41) is 54.7. The van der Waals surface area contributed by atoms with Gasteiger partial charge in [0.25, 0.3) is 0 Å². The quantitative estimate of drug-likeness (QED) is 0.192. The van der Waals surface area contributed by atoms with Crippen LogP contribution in [0.5, 0.6) is 5.75 Å². The molecule has 6 atom stereocenters. The predicted molar refractivity (Wildman–Crippen MR) is 120 cm³/mol. The topological polar surface area (TPSA) is 182 Å². The predicted octanol–water partition coefficient (Wildman–Crippen LogP) is -0.881. The van der Waals surface area contributed by atoms with E-state index in [1.165, 1.54) is 17.0 Å². The van der Waals surface area contributed by atoms with Crippen LogP contribution in [0.15, 0.2) is 29.5 Å². The number of carbonyl (C=O) groups excluding carboxylic acids is 3. The van der Waals surface area contributed by atoms with Gasteiger partial charge in [-0.3, -0.25) is 14.4 Å². The summed E-state index contributed by atoms with van der Waals surface area (Å²) in [6.45, 7) is -0.618. The number of thiol groups is 1. The molecular formula is C22H28N2O8S. The number of amides is 1. The maximum Gasteiger partial charge on any atom is 0.225 e. The van der Waals surface area contributed by atoms with Crippen LogP contribution in [0, 0.1) is 11.8 Å². The average molecular weight is 481 g/mol. The van der Waals surface area contributed by atoms with Crippen LogP contribution in [0.4, 0.5) is 0 Å². The summed E-state index contributed by atoms with van der Waals surface area (Å²) in [6, 6.07) is 3.36. The summed E-state index contributed by atoms with van der Waals surface area (Å²) in [6.07, 6.45) is -2.59. The number of carbonyl (C=O) groups is 3. The molecule has 0 saturated carbocycles. The van der Waals surface area contributed by atoms with Crippen molar-refractivity contribution >= 4 is 30.1 Å². The fraction of sp³-hybridized carbons (Fsp3) is 0.500. The molecule has 0 bridgehead atoms. The van der Waals surface area contributed by atoms with E-state index in [0.717, 1.165) is 0 Å². The number of aliphatic hydroxyl groups is 4. The van der Waals surface area contributed by atoms with Crippen LogP contribution < -0.4 is 5.73 Å². The molecule has 0 fully saturated rings. The van der Waals surface area contributed by atoms with Crippen LogP contribution in [0.3, 0.4) is 0 Å². The lowest BCUT2D eigenvalue weighted by molar-refractivity contribution is -0.164. The summed E-state index contributed by atoms with van der Waals surface area (Å²) >= 11 is 4.35. The highest BCUT2D eigenvalue weighted by atomic mass is 32.1. The first-order chi connectivity index (χ1) is 15.4. The minimum atomic E-state index is -2.89. The molecule has 33 heavy (non-hydrogen) atoms. The van der Waals surface area contributed by atoms with Gasteiger partial charge in [0.15, 0.2) is 17.2 Å². The Labute approximate surface area is 195 Å². The number of rotatable bonds is 7. The fourth-order valence-electron chi connectivity index (χ4n) is 5.23. The molecular weight excluding hydrogens is 452 g/mol. The molecule has 0 saturated heterocycles. The summed E-state index contributed by atoms with van der Waals surface area (Å²) in [5.74, 6) is -7.78. The molecule has 11 heteroatoms. The molecule has 2 aliphatic carbocycles. The summed E-state index contributed by atoms with van der Waals surface area (Å²) in [5.41, 5.74) is 2.07. The molecule has 0 aliphatic heterocycles. The maximum atomic E-state index is 13.4. The molecule has 0 aromatic heterocycles. The lowest BCUT2D eigenvalue weighted by Crippen LogP contribution is -2.66. The lowest BCUT2D eigenvalue weighted by atomic mass is 9.57. The number of hydrogen-bond donors (Lipinski definition) is 7. The van der Waals surface area contributed by atoms with Gasteiger partial charge in [0.2, 0.25) is 5.91 Å². The number of primary amides is 1. The van der Waals surface area contributed by atoms with Gasteiger partial charge in [-0.05, 0) is 31.5 Å². The zero-order valence-electron chi connectivity index (χ0n) is 18.2. The molecule has 10 nitrogen and oxygen atoms in total. The molecule has 0 heterocycles. The van der Waals surface area contributed by atoms with Gasteiger partial charge in [-0.25, -0.2) is 0 Å². The van der Waals surface area contributed by atoms with Gasteiger partial charge in [-0.15, -0.1) is 0 Å². The molecule has 1 aromatic carbocycles. The average Bonchev–Trinajstić information content (AvgIpc) is 2.74. The van der Waals surface area contributed by atoms with E-state index in [-0.39, 0.29) is 17.1 Å². The normalized spacial score (nSPS) is 30.1. The molecule has 180 valence electrons. The Morgan fingerprint density at radius 2 is 1.91 bits per heavy atom. The third-order valence-electron chi connectivity index (χ3n) is 6.77. The van der Waals surface area contributed by atoms with E-state index in [9.17, 15) is 39.9 Å². The first kappa shape index (κ1) is 25.2. The zero-order valence-corrected chi connectivity index (χ0v) is 19.1. The van der Waals surface area contributed by atoms with Crippen molar-refractivity contribution in [2.24, 2.45) is 17.6 Å². The number of likely N-dealkylation sites (N-methyl/N-ethyl adjacent to an activating group) is 1. The van der Waals surface area contributed by atoms with Crippen molar-refractivity contribution in [1.82, 2.24) is 4.90 Å². The van der Waals surface area contributed by atoms with Crippen molar-refractivity contribution in [2.45, 2.75) is 30.1 Å². The van der Waals surface area contributed by atoms with E-state index >= 15 is 0 Å². The number of nitrogens with two attached hydrogens (primary N) is 1. The Kier molecular flexibility index (Phi) is 6.92. The van der Waals surface area contributed by atoms with Crippen LogP contribution in [0.2, 0.25) is 0 Å². The summed E-state index contributed by atoms with van der Waals surface area (Å²) in [4.78, 5) is 39.4. The molecule has 0 spiro atoms. The highest BCUT2D eigenvalue weighted by Gasteiger charge is 2.63. The van der Waals surface area contributed by atoms with Crippen LogP contribution >= 0.6 is 12.6 Å². The number of hydrogen-bond acceptors (Lipinski definition) is 10. The van der Waals surface area contributed by atoms with Gasteiger partial charge in [-0.1, -0.05) is 12.1 Å². The second-order valence-corrected chi connectivity index (χ2v) is 9.08. The van der Waals surface area contributed by atoms with E-state index in [0.29, 0.717) is 5.56 Å². The summed E-state index contributed by atoms with van der Waals surface area (Å²) in [7, 11) is 3.08. The molecule has 3 rings (SSSR count). The monoisotopic (exact) mass is 480 g/mol. The van der Waals surface area contributed by atoms with Crippen molar-refractivity contribution in [1.29, 1.82) is 0 Å². The number of phenols is 1. The second kappa shape index (κ2) is 9.07. The molecule has 1 amide bonds. The second-order valence-electron chi connectivity index (χ2n) is 8.71. The molecule has 7 N–H and O–H groups in total. The Bertz CT molecular complexity index is 1030. The first-order valence-corrected chi connectivity index (χ1v) is 11.0. The van der Waals surface area contributed by atoms with Gasteiger partial charge in [0.05, 0.1) is 24.7 Å². The van der Waals surface area contributed by atoms with E-state index in [2.05, 4.69) is 12.6 Å². The fourth-order valence-corrected chi connectivity index (χ4v) is 5.65. The van der Waals surface area contributed by atoms with Gasteiger partial charge in [0, 0.05) is 29.4 Å². The largest absolute Gasteiger partial charge is 0.508 e. The third-order valence-corrected chi connectivity index (χ3v) is 7.16. The number of benzene rings is 1. The van der Waals surface area contributed by atoms with Crippen molar-refractivity contribution in [3.05, 3.63) is 40.7 Å². The van der Waals surface area contributed by atoms with Crippen LogP contribution in [-0.2, 0) is 9.59 Å². The minimum absolute atomic E-state index is 0.0916. The molecule has 2 aliphatic rings. The molecule has 0 unspecified atom stereocenters. The zero-order chi connectivity index (χ0) is 24.8. The van der Waals surface area contributed by atoms with Crippen molar-refractivity contribution in [3.63, 3.8) is 0 Å². The standard InChI is InChI=1S/C22H28N2O8S/c1-24(2)11(7-25)18-20(30)16-10(8-33)9-4-3-5-12(26)15(9)19(29)17(16)21(31)22(18,32)13(27)6-14(23)28/h3-5,10-11,16,18,20,25-26,30-33H,6-8H2,1-2H3,(H2,23,28)/t10-,11+,16+,18+,20-,22-/m0/s1. The van der Waals surface area contributed by atoms with Crippen molar-refractivity contribution in [3.8, 4) is 5.75 Å². The number of aliphatic hydroxyl groups excluding tert-OH is 3. The number of ketones is 2. The van der Waals surface area contributed by atoms with Crippen LogP contribution in [0.1, 0.15) is 28.3 Å². The molecule has 1 aromatic rings. The Morgan fingerprint density at radius 1 is 1.27 bits per heavy atom. The van der Waals surface area contributed by atoms with Gasteiger partial charge >= 0.3 is 0 Å². The van der Waals surface area contributed by atoms with Crippen molar-refractivity contribution < 1.29 is 39.9 Å². The smallest absolute Gasteiger partial charge is 0.225 e. The van der Waals surface area contributed by atoms with Gasteiger partial charge in [-0.2, -0.15) is 12.6 Å². The number of nitrogens with zero attached hydrogens (tertiary/aromatic N) is 1. The van der Waals surface area contributed by atoms with Gasteiger partial charge < -0.3 is 36.2 Å². The van der Waals surface area contributed by atoms with E-state index in [1.54, 1.807) is 20.2 Å². The highest BCUT2D eigenvalue weighted by molar-refractivity contribution is 7.80. The first-order valence-electron chi connectivity index (χ1n) is 10.3. The number of aromatic hydroxyl groups is 1. The number of fused-ring (bicyclic) bond motifs is 2. The Hall–Kier alpha value is -2.44. The van der Waals surface area contributed by atoms with E-state index < -0.39 is 77.3 Å². The summed E-state index contributed by atoms with van der Waals surface area (Å²) < 4.78 is 0. The SMILES string of the molecule is CN(C)[C@H](CO)[C@@H]1[C@@H](O)[C@H]2C(=C(O)[C@]1(O)C(=O)CC(N)=O)C(=O)c1c(O)cccc1[C@@H]2CS. The van der Waals surface area contributed by atoms with Crippen LogP contribution in [0.25, 0.3) is 0 Å². The maximum absolute atomic E-state index is 13.4. The minimum Gasteiger partial charge on any atom is -0.508 e. The number of phenolic OH excluding ortho intramolecular Hbond substituents is 1. The van der Waals surface area contributed by atoms with E-state index in [1.807, 2.05) is 0 Å². The highest BCUT2D eigenvalue weighted by Crippen LogP contribution is 2.53. The van der Waals surface area contributed by atoms with Crippen molar-refractivity contribution in [2.75, 3.05) is 26.5 Å². The van der Waals surface area contributed by atoms with Crippen LogP contribution in [-0.4, -0.2) is 92.1 Å².